The molecule has 1 aromatic rings. The quantitative estimate of drug-likeness (QED) is 0.642. The van der Waals surface area contributed by atoms with E-state index in [0.29, 0.717) is 12.2 Å². The second kappa shape index (κ2) is 6.64. The predicted octanol–water partition coefficient (Wildman–Crippen LogP) is 2.34. The van der Waals surface area contributed by atoms with E-state index in [2.05, 4.69) is 6.58 Å². The number of carbonyl (C=O) groups excluding carboxylic acids is 1. The molecule has 0 saturated carbocycles. The molecule has 1 aliphatic rings. The molecule has 0 bridgehead atoms. The number of rotatable bonds is 6. The van der Waals surface area contributed by atoms with Crippen LogP contribution in [0.4, 0.5) is 0 Å². The van der Waals surface area contributed by atoms with Crippen LogP contribution in [0.15, 0.2) is 35.5 Å². The topological polar surface area (TPSA) is 78.1 Å². The molecule has 1 aromatic heterocycles. The first-order valence-electron chi connectivity index (χ1n) is 7.19. The lowest BCUT2D eigenvalue weighted by Gasteiger charge is -2.27. The molecule has 1 aliphatic heterocycles. The van der Waals surface area contributed by atoms with Gasteiger partial charge in [0.2, 0.25) is 0 Å². The van der Waals surface area contributed by atoms with Crippen LogP contribution in [0.25, 0.3) is 0 Å². The summed E-state index contributed by atoms with van der Waals surface area (Å²) >= 11 is 0. The summed E-state index contributed by atoms with van der Waals surface area (Å²) < 4.78 is 22.2. The fourth-order valence-electron chi connectivity index (χ4n) is 2.60. The average Bonchev–Trinajstić information content (AvgIpc) is 3.04. The second-order valence-electron chi connectivity index (χ2n) is 5.70. The van der Waals surface area contributed by atoms with Gasteiger partial charge in [0.15, 0.2) is 5.79 Å². The first-order valence-corrected chi connectivity index (χ1v) is 7.19. The lowest BCUT2D eigenvalue weighted by atomic mass is 9.99. The maximum Gasteiger partial charge on any atom is 0.303 e. The van der Waals surface area contributed by atoms with Gasteiger partial charge in [0.1, 0.15) is 30.2 Å². The molecule has 0 aromatic carbocycles. The van der Waals surface area contributed by atoms with Gasteiger partial charge >= 0.3 is 5.97 Å². The van der Waals surface area contributed by atoms with Crippen LogP contribution in [0.3, 0.4) is 0 Å². The molecule has 0 amide bonds. The molecule has 4 atom stereocenters. The van der Waals surface area contributed by atoms with Crippen LogP contribution in [-0.2, 0) is 19.0 Å². The molecular formula is C16H22O6. The van der Waals surface area contributed by atoms with Crippen molar-refractivity contribution >= 4 is 5.97 Å². The van der Waals surface area contributed by atoms with E-state index in [4.69, 9.17) is 18.6 Å². The standard InChI is InChI=1S/C16H22O6/c1-5-7-12(20-10(2)17)14-15(22-16(3,4)21-14)13(18)11-8-6-9-19-11/h5-6,8-9,12-15,18H,1,7H2,2-4H3/t12-,13?,14-,15+/m0/s1. The summed E-state index contributed by atoms with van der Waals surface area (Å²) in [6, 6.07) is 3.34. The van der Waals surface area contributed by atoms with E-state index in [1.54, 1.807) is 32.1 Å². The largest absolute Gasteiger partial charge is 0.466 e. The van der Waals surface area contributed by atoms with E-state index < -0.39 is 36.2 Å². The highest BCUT2D eigenvalue weighted by molar-refractivity contribution is 5.66. The van der Waals surface area contributed by atoms with Crippen molar-refractivity contribution in [2.45, 2.75) is 57.4 Å². The summed E-state index contributed by atoms with van der Waals surface area (Å²) in [5.74, 6) is -0.953. The lowest BCUT2D eigenvalue weighted by molar-refractivity contribution is -0.170. The van der Waals surface area contributed by atoms with E-state index >= 15 is 0 Å². The molecule has 6 nitrogen and oxygen atoms in total. The van der Waals surface area contributed by atoms with Crippen molar-refractivity contribution < 1.29 is 28.5 Å². The summed E-state index contributed by atoms with van der Waals surface area (Å²) in [4.78, 5) is 11.3. The molecular weight excluding hydrogens is 288 g/mol. The van der Waals surface area contributed by atoms with Crippen LogP contribution >= 0.6 is 0 Å². The Labute approximate surface area is 129 Å². The van der Waals surface area contributed by atoms with Crippen LogP contribution in [0.2, 0.25) is 0 Å². The number of furan rings is 1. The van der Waals surface area contributed by atoms with E-state index in [1.807, 2.05) is 0 Å². The van der Waals surface area contributed by atoms with Crippen LogP contribution < -0.4 is 0 Å². The van der Waals surface area contributed by atoms with Crippen molar-refractivity contribution in [1.29, 1.82) is 0 Å². The Morgan fingerprint density at radius 3 is 2.73 bits per heavy atom. The van der Waals surface area contributed by atoms with Gasteiger partial charge in [0.25, 0.3) is 0 Å². The minimum atomic E-state index is -1.02. The van der Waals surface area contributed by atoms with Gasteiger partial charge in [0.05, 0.1) is 6.26 Å². The number of hydrogen-bond acceptors (Lipinski definition) is 6. The zero-order valence-electron chi connectivity index (χ0n) is 13.0. The van der Waals surface area contributed by atoms with E-state index in [9.17, 15) is 9.90 Å². The minimum absolute atomic E-state index is 0.372. The first kappa shape index (κ1) is 16.7. The monoisotopic (exact) mass is 310 g/mol. The summed E-state index contributed by atoms with van der Waals surface area (Å²) in [5, 5.41) is 10.5. The van der Waals surface area contributed by atoms with Gasteiger partial charge in [-0.1, -0.05) is 6.08 Å². The number of esters is 1. The Morgan fingerprint density at radius 1 is 1.50 bits per heavy atom. The molecule has 22 heavy (non-hydrogen) atoms. The van der Waals surface area contributed by atoms with Crippen molar-refractivity contribution in [2.75, 3.05) is 0 Å². The summed E-state index contributed by atoms with van der Waals surface area (Å²) in [6.07, 6.45) is 0.546. The Kier molecular flexibility index (Phi) is 5.05. The Balaban J connectivity index is 2.24. The molecule has 2 heterocycles. The SMILES string of the molecule is C=CC[C@H](OC(C)=O)[C@@H]1OC(C)(C)O[C@@H]1C(O)c1ccco1. The van der Waals surface area contributed by atoms with Crippen LogP contribution in [-0.4, -0.2) is 35.2 Å². The Morgan fingerprint density at radius 2 is 2.18 bits per heavy atom. The molecule has 122 valence electrons. The fourth-order valence-corrected chi connectivity index (χ4v) is 2.60. The fraction of sp³-hybridized carbons (Fsp3) is 0.562. The van der Waals surface area contributed by atoms with Crippen molar-refractivity contribution in [1.82, 2.24) is 0 Å². The minimum Gasteiger partial charge on any atom is -0.466 e. The molecule has 0 radical (unpaired) electrons. The third kappa shape index (κ3) is 3.76. The average molecular weight is 310 g/mol. The van der Waals surface area contributed by atoms with Gasteiger partial charge < -0.3 is 23.7 Å². The molecule has 6 heteroatoms. The number of hydrogen-bond donors (Lipinski definition) is 1. The van der Waals surface area contributed by atoms with Gasteiger partial charge in [-0.05, 0) is 26.0 Å². The van der Waals surface area contributed by atoms with Gasteiger partial charge in [-0.15, -0.1) is 6.58 Å². The normalized spacial score (nSPS) is 26.4. The zero-order chi connectivity index (χ0) is 16.3. The van der Waals surface area contributed by atoms with Crippen LogP contribution in [0, 0.1) is 0 Å². The molecule has 1 N–H and O–H groups in total. The zero-order valence-corrected chi connectivity index (χ0v) is 13.0. The van der Waals surface area contributed by atoms with Gasteiger partial charge in [0, 0.05) is 13.3 Å². The number of aliphatic hydroxyl groups is 1. The Hall–Kier alpha value is -1.63. The van der Waals surface area contributed by atoms with Crippen molar-refractivity contribution in [2.24, 2.45) is 0 Å². The van der Waals surface area contributed by atoms with Crippen molar-refractivity contribution in [3.63, 3.8) is 0 Å². The highest BCUT2D eigenvalue weighted by Gasteiger charge is 2.50. The van der Waals surface area contributed by atoms with Gasteiger partial charge in [-0.25, -0.2) is 0 Å². The van der Waals surface area contributed by atoms with Crippen LogP contribution in [0.5, 0.6) is 0 Å². The lowest BCUT2D eigenvalue weighted by Crippen LogP contribution is -2.41. The highest BCUT2D eigenvalue weighted by atomic mass is 16.8. The maximum absolute atomic E-state index is 11.3. The maximum atomic E-state index is 11.3. The summed E-state index contributed by atoms with van der Waals surface area (Å²) in [6.45, 7) is 8.48. The van der Waals surface area contributed by atoms with E-state index in [1.165, 1.54) is 13.2 Å². The number of carbonyl (C=O) groups is 1. The number of aliphatic hydroxyl groups excluding tert-OH is 1. The van der Waals surface area contributed by atoms with Crippen LogP contribution in [0.1, 0.15) is 39.1 Å². The molecule has 1 unspecified atom stereocenters. The summed E-state index contributed by atoms with van der Waals surface area (Å²) in [5.41, 5.74) is 0. The number of ether oxygens (including phenoxy) is 3. The third-order valence-corrected chi connectivity index (χ3v) is 3.39. The van der Waals surface area contributed by atoms with Gasteiger partial charge in [-0.3, -0.25) is 4.79 Å². The second-order valence-corrected chi connectivity index (χ2v) is 5.70. The van der Waals surface area contributed by atoms with Crippen molar-refractivity contribution in [3.05, 3.63) is 36.8 Å². The Bertz CT molecular complexity index is 507. The highest BCUT2D eigenvalue weighted by Crippen LogP contribution is 2.38. The molecule has 0 spiro atoms. The van der Waals surface area contributed by atoms with E-state index in [-0.39, 0.29) is 0 Å². The smallest absolute Gasteiger partial charge is 0.303 e. The molecule has 2 rings (SSSR count). The van der Waals surface area contributed by atoms with Crippen molar-refractivity contribution in [3.8, 4) is 0 Å². The van der Waals surface area contributed by atoms with Gasteiger partial charge in [-0.2, -0.15) is 0 Å². The van der Waals surface area contributed by atoms with E-state index in [0.717, 1.165) is 0 Å². The first-order chi connectivity index (χ1) is 10.3. The predicted molar refractivity (Wildman–Crippen MR) is 77.9 cm³/mol. The summed E-state index contributed by atoms with van der Waals surface area (Å²) in [7, 11) is 0. The molecule has 0 aliphatic carbocycles. The molecule has 1 fully saturated rings. The molecule has 1 saturated heterocycles. The third-order valence-electron chi connectivity index (χ3n) is 3.39.